The van der Waals surface area contributed by atoms with Crippen molar-refractivity contribution < 1.29 is 14.3 Å². The maximum absolute atomic E-state index is 13.1. The smallest absolute Gasteiger partial charge is 0.319 e. The van der Waals surface area contributed by atoms with Crippen LogP contribution in [-0.2, 0) is 9.53 Å². The summed E-state index contributed by atoms with van der Waals surface area (Å²) in [6, 6.07) is 7.37. The predicted molar refractivity (Wildman–Crippen MR) is 95.0 cm³/mol. The fourth-order valence-corrected chi connectivity index (χ4v) is 3.24. The van der Waals surface area contributed by atoms with Gasteiger partial charge in [0.25, 0.3) is 5.91 Å². The molecule has 2 aliphatic heterocycles. The molecule has 0 aromatic heterocycles. The molecule has 3 rings (SSSR count). The summed E-state index contributed by atoms with van der Waals surface area (Å²) in [6.45, 7) is 8.29. The Labute approximate surface area is 148 Å². The SMILES string of the molecule is CC1=C(C(=O)N2CCOCC2)[C@@H](c2ccc(C(C)C)cc2)NC(=O)N1. The zero-order valence-electron chi connectivity index (χ0n) is 15.0. The molecule has 0 radical (unpaired) electrons. The Kier molecular flexibility index (Phi) is 5.08. The van der Waals surface area contributed by atoms with Gasteiger partial charge in [-0.15, -0.1) is 0 Å². The molecule has 0 bridgehead atoms. The van der Waals surface area contributed by atoms with E-state index in [2.05, 4.69) is 36.6 Å². The first-order valence-electron chi connectivity index (χ1n) is 8.72. The topological polar surface area (TPSA) is 70.7 Å². The standard InChI is InChI=1S/C19H25N3O3/c1-12(2)14-4-6-15(7-5-14)17-16(13(3)20-19(24)21-17)18(23)22-8-10-25-11-9-22/h4-7,12,17H,8-11H2,1-3H3,(H2,20,21,24)/t17-/m1/s1. The predicted octanol–water partition coefficient (Wildman–Crippen LogP) is 2.30. The Bertz CT molecular complexity index is 688. The summed E-state index contributed by atoms with van der Waals surface area (Å²) in [5.41, 5.74) is 3.35. The van der Waals surface area contributed by atoms with E-state index in [-0.39, 0.29) is 11.9 Å². The molecule has 1 fully saturated rings. The van der Waals surface area contributed by atoms with E-state index in [1.165, 1.54) is 5.56 Å². The molecule has 2 N–H and O–H groups in total. The van der Waals surface area contributed by atoms with Crippen molar-refractivity contribution in [2.75, 3.05) is 26.3 Å². The van der Waals surface area contributed by atoms with Gasteiger partial charge in [-0.3, -0.25) is 4.79 Å². The second-order valence-electron chi connectivity index (χ2n) is 6.80. The van der Waals surface area contributed by atoms with Crippen LogP contribution in [-0.4, -0.2) is 43.1 Å². The van der Waals surface area contributed by atoms with Crippen LogP contribution in [0.4, 0.5) is 4.79 Å². The molecular formula is C19H25N3O3. The number of hydrogen-bond donors (Lipinski definition) is 2. The summed E-state index contributed by atoms with van der Waals surface area (Å²) in [5.74, 6) is 0.384. The van der Waals surface area contributed by atoms with Crippen LogP contribution in [0, 0.1) is 0 Å². The summed E-state index contributed by atoms with van der Waals surface area (Å²) in [6.07, 6.45) is 0. The molecule has 1 aromatic carbocycles. The fourth-order valence-electron chi connectivity index (χ4n) is 3.24. The zero-order chi connectivity index (χ0) is 18.0. The van der Waals surface area contributed by atoms with Gasteiger partial charge in [-0.1, -0.05) is 38.1 Å². The molecule has 0 unspecified atom stereocenters. The number of carbonyl (C=O) groups excluding carboxylic acids is 2. The molecule has 3 amide bonds. The maximum Gasteiger partial charge on any atom is 0.319 e. The van der Waals surface area contributed by atoms with Gasteiger partial charge in [-0.2, -0.15) is 0 Å². The van der Waals surface area contributed by atoms with Gasteiger partial charge in [0.2, 0.25) is 0 Å². The number of amides is 3. The van der Waals surface area contributed by atoms with Crippen molar-refractivity contribution in [1.82, 2.24) is 15.5 Å². The van der Waals surface area contributed by atoms with E-state index >= 15 is 0 Å². The molecule has 134 valence electrons. The number of nitrogens with zero attached hydrogens (tertiary/aromatic N) is 1. The monoisotopic (exact) mass is 343 g/mol. The van der Waals surface area contributed by atoms with Crippen LogP contribution in [0.3, 0.4) is 0 Å². The number of hydrogen-bond acceptors (Lipinski definition) is 3. The Morgan fingerprint density at radius 1 is 1.20 bits per heavy atom. The van der Waals surface area contributed by atoms with Gasteiger partial charge < -0.3 is 20.3 Å². The largest absolute Gasteiger partial charge is 0.378 e. The first-order valence-corrected chi connectivity index (χ1v) is 8.72. The van der Waals surface area contributed by atoms with E-state index in [9.17, 15) is 9.59 Å². The minimum atomic E-state index is -0.440. The maximum atomic E-state index is 13.1. The molecule has 1 aromatic rings. The van der Waals surface area contributed by atoms with Crippen LogP contribution in [0.1, 0.15) is 43.9 Å². The first-order chi connectivity index (χ1) is 12.0. The van der Waals surface area contributed by atoms with Gasteiger partial charge in [-0.25, -0.2) is 4.79 Å². The normalized spacial score (nSPS) is 21.2. The van der Waals surface area contributed by atoms with Gasteiger partial charge in [0, 0.05) is 18.8 Å². The summed E-state index contributed by atoms with van der Waals surface area (Å²) in [5, 5.41) is 5.62. The minimum absolute atomic E-state index is 0.0498. The van der Waals surface area contributed by atoms with Crippen molar-refractivity contribution in [3.8, 4) is 0 Å². The molecule has 6 nitrogen and oxygen atoms in total. The van der Waals surface area contributed by atoms with E-state index in [1.807, 2.05) is 12.1 Å². The average molecular weight is 343 g/mol. The van der Waals surface area contributed by atoms with E-state index in [0.717, 1.165) is 5.56 Å². The molecule has 1 atom stereocenters. The van der Waals surface area contributed by atoms with Crippen LogP contribution in [0.5, 0.6) is 0 Å². The highest BCUT2D eigenvalue weighted by Gasteiger charge is 2.34. The number of ether oxygens (including phenoxy) is 1. The van der Waals surface area contributed by atoms with Gasteiger partial charge in [-0.05, 0) is 24.0 Å². The van der Waals surface area contributed by atoms with Crippen molar-refractivity contribution in [2.45, 2.75) is 32.7 Å². The third-order valence-corrected chi connectivity index (χ3v) is 4.73. The Balaban J connectivity index is 1.93. The highest BCUT2D eigenvalue weighted by Crippen LogP contribution is 2.29. The summed E-state index contributed by atoms with van der Waals surface area (Å²) in [7, 11) is 0. The van der Waals surface area contributed by atoms with Crippen LogP contribution in [0.15, 0.2) is 35.5 Å². The van der Waals surface area contributed by atoms with Crippen LogP contribution in [0.25, 0.3) is 0 Å². The number of benzene rings is 1. The molecule has 1 saturated heterocycles. The Morgan fingerprint density at radius 3 is 2.44 bits per heavy atom. The molecule has 0 aliphatic carbocycles. The zero-order valence-corrected chi connectivity index (χ0v) is 15.0. The van der Waals surface area contributed by atoms with E-state index in [1.54, 1.807) is 11.8 Å². The highest BCUT2D eigenvalue weighted by molar-refractivity contribution is 5.98. The summed E-state index contributed by atoms with van der Waals surface area (Å²) < 4.78 is 5.33. The van der Waals surface area contributed by atoms with Crippen LogP contribution < -0.4 is 10.6 Å². The minimum Gasteiger partial charge on any atom is -0.378 e. The van der Waals surface area contributed by atoms with Gasteiger partial charge in [0.05, 0.1) is 24.8 Å². The van der Waals surface area contributed by atoms with Gasteiger partial charge >= 0.3 is 6.03 Å². The lowest BCUT2D eigenvalue weighted by Crippen LogP contribution is -2.49. The summed E-state index contributed by atoms with van der Waals surface area (Å²) in [4.78, 5) is 26.8. The van der Waals surface area contributed by atoms with Gasteiger partial charge in [0.15, 0.2) is 0 Å². The van der Waals surface area contributed by atoms with Crippen molar-refractivity contribution in [3.63, 3.8) is 0 Å². The molecule has 0 saturated carbocycles. The molecule has 0 spiro atoms. The number of urea groups is 1. The lowest BCUT2D eigenvalue weighted by atomic mass is 9.92. The van der Waals surface area contributed by atoms with E-state index in [4.69, 9.17) is 4.74 Å². The summed E-state index contributed by atoms with van der Waals surface area (Å²) >= 11 is 0. The van der Waals surface area contributed by atoms with Crippen LogP contribution >= 0.6 is 0 Å². The Hall–Kier alpha value is -2.34. The quantitative estimate of drug-likeness (QED) is 0.885. The molecular weight excluding hydrogens is 318 g/mol. The van der Waals surface area contributed by atoms with E-state index in [0.29, 0.717) is 43.5 Å². The second kappa shape index (κ2) is 7.27. The second-order valence-corrected chi connectivity index (χ2v) is 6.80. The number of carbonyl (C=O) groups is 2. The lowest BCUT2D eigenvalue weighted by molar-refractivity contribution is -0.131. The number of rotatable bonds is 3. The van der Waals surface area contributed by atoms with Crippen LogP contribution in [0.2, 0.25) is 0 Å². The number of nitrogens with one attached hydrogen (secondary N) is 2. The first kappa shape index (κ1) is 17.5. The van der Waals surface area contributed by atoms with Crippen molar-refractivity contribution in [1.29, 1.82) is 0 Å². The average Bonchev–Trinajstić information content (AvgIpc) is 2.61. The Morgan fingerprint density at radius 2 is 1.84 bits per heavy atom. The molecule has 2 heterocycles. The van der Waals surface area contributed by atoms with Crippen molar-refractivity contribution >= 4 is 11.9 Å². The van der Waals surface area contributed by atoms with Crippen molar-refractivity contribution in [3.05, 3.63) is 46.7 Å². The number of morpholine rings is 1. The fraction of sp³-hybridized carbons (Fsp3) is 0.474. The van der Waals surface area contributed by atoms with Gasteiger partial charge in [0.1, 0.15) is 0 Å². The highest BCUT2D eigenvalue weighted by atomic mass is 16.5. The molecule has 6 heteroatoms. The molecule has 2 aliphatic rings. The van der Waals surface area contributed by atoms with E-state index < -0.39 is 6.04 Å². The third-order valence-electron chi connectivity index (χ3n) is 4.73. The van der Waals surface area contributed by atoms with Crippen molar-refractivity contribution in [2.24, 2.45) is 0 Å². The third kappa shape index (κ3) is 3.69. The number of allylic oxidation sites excluding steroid dienone is 1. The lowest BCUT2D eigenvalue weighted by Gasteiger charge is -2.34. The molecule has 25 heavy (non-hydrogen) atoms.